The van der Waals surface area contributed by atoms with Crippen LogP contribution in [-0.2, 0) is 22.6 Å². The number of carbonyl (C=O) groups excluding carboxylic acids is 1. The third kappa shape index (κ3) is 6.18. The second kappa shape index (κ2) is 9.83. The number of hydrogen-bond donors (Lipinski definition) is 1. The molecule has 27 heavy (non-hydrogen) atoms. The number of nitrogens with zero attached hydrogens (tertiary/aromatic N) is 1. The van der Waals surface area contributed by atoms with Gasteiger partial charge >= 0.3 is 5.97 Å². The van der Waals surface area contributed by atoms with E-state index in [4.69, 9.17) is 26.2 Å². The number of methoxy groups -OCH3 is 2. The van der Waals surface area contributed by atoms with Crippen LogP contribution in [0.1, 0.15) is 17.5 Å². The largest absolute Gasteiger partial charge is 0.493 e. The molecule has 2 aromatic carbocycles. The molecular formula is C20H22ClNO5. The maximum atomic E-state index is 12.6. The molecule has 0 unspecified atom stereocenters. The average molecular weight is 392 g/mol. The van der Waals surface area contributed by atoms with Crippen molar-refractivity contribution in [2.75, 3.05) is 20.8 Å². The molecule has 0 spiro atoms. The van der Waals surface area contributed by atoms with Gasteiger partial charge in [-0.2, -0.15) is 0 Å². The van der Waals surface area contributed by atoms with Crippen LogP contribution in [0.3, 0.4) is 0 Å². The number of halogens is 1. The van der Waals surface area contributed by atoms with Gasteiger partial charge in [-0.1, -0.05) is 29.8 Å². The summed E-state index contributed by atoms with van der Waals surface area (Å²) >= 11 is 5.87. The lowest BCUT2D eigenvalue weighted by Gasteiger charge is -2.21. The molecule has 0 saturated carbocycles. The summed E-state index contributed by atoms with van der Waals surface area (Å²) in [5.74, 6) is -0.0839. The van der Waals surface area contributed by atoms with Crippen LogP contribution in [0.4, 0.5) is 0 Å². The van der Waals surface area contributed by atoms with Gasteiger partial charge in [0.05, 0.1) is 14.2 Å². The monoisotopic (exact) mass is 391 g/mol. The molecule has 0 aromatic heterocycles. The fourth-order valence-corrected chi connectivity index (χ4v) is 2.78. The number of hydrogen-bond acceptors (Lipinski definition) is 4. The van der Waals surface area contributed by atoms with E-state index in [1.165, 1.54) is 4.90 Å². The molecule has 6 nitrogen and oxygen atoms in total. The first-order chi connectivity index (χ1) is 12.9. The first-order valence-electron chi connectivity index (χ1n) is 8.38. The lowest BCUT2D eigenvalue weighted by molar-refractivity contribution is -0.144. The molecule has 144 valence electrons. The number of ether oxygens (including phenoxy) is 2. The molecule has 0 atom stereocenters. The summed E-state index contributed by atoms with van der Waals surface area (Å²) in [7, 11) is 3.11. The van der Waals surface area contributed by atoms with Crippen LogP contribution in [0.2, 0.25) is 5.02 Å². The Kier molecular flexibility index (Phi) is 7.49. The highest BCUT2D eigenvalue weighted by atomic mass is 35.5. The summed E-state index contributed by atoms with van der Waals surface area (Å²) in [6.45, 7) is -0.137. The summed E-state index contributed by atoms with van der Waals surface area (Å²) in [5, 5.41) is 9.71. The highest BCUT2D eigenvalue weighted by molar-refractivity contribution is 6.30. The van der Waals surface area contributed by atoms with Gasteiger partial charge in [0.1, 0.15) is 6.54 Å². The van der Waals surface area contributed by atoms with Crippen molar-refractivity contribution in [3.63, 3.8) is 0 Å². The molecule has 7 heteroatoms. The van der Waals surface area contributed by atoms with E-state index in [-0.39, 0.29) is 25.4 Å². The van der Waals surface area contributed by atoms with E-state index in [2.05, 4.69) is 0 Å². The highest BCUT2D eigenvalue weighted by Crippen LogP contribution is 2.28. The Labute approximate surface area is 163 Å². The zero-order chi connectivity index (χ0) is 19.8. The number of amides is 1. The standard InChI is InChI=1S/C20H22ClNO5/c1-26-17-9-5-14(11-18(17)27-2)6-10-19(23)22(13-20(24)25)12-15-3-7-16(21)8-4-15/h3-5,7-9,11H,6,10,12-13H2,1-2H3,(H,24,25). The van der Waals surface area contributed by atoms with Gasteiger partial charge in [0.15, 0.2) is 11.5 Å². The molecule has 1 N–H and O–H groups in total. The van der Waals surface area contributed by atoms with E-state index in [1.54, 1.807) is 44.6 Å². The van der Waals surface area contributed by atoms with Crippen molar-refractivity contribution in [1.82, 2.24) is 4.90 Å². The third-order valence-corrected chi connectivity index (χ3v) is 4.29. The van der Waals surface area contributed by atoms with Crippen molar-refractivity contribution >= 4 is 23.5 Å². The van der Waals surface area contributed by atoms with Gasteiger partial charge in [0.25, 0.3) is 0 Å². The number of carboxylic acid groups (broad SMARTS) is 1. The SMILES string of the molecule is COc1ccc(CCC(=O)N(CC(=O)O)Cc2ccc(Cl)cc2)cc1OC. The number of carboxylic acids is 1. The van der Waals surface area contributed by atoms with E-state index >= 15 is 0 Å². The maximum absolute atomic E-state index is 12.6. The highest BCUT2D eigenvalue weighted by Gasteiger charge is 2.17. The van der Waals surface area contributed by atoms with Gasteiger partial charge < -0.3 is 19.5 Å². The Balaban J connectivity index is 2.04. The first-order valence-corrected chi connectivity index (χ1v) is 8.75. The molecule has 2 aromatic rings. The Morgan fingerprint density at radius 1 is 1.00 bits per heavy atom. The number of benzene rings is 2. The lowest BCUT2D eigenvalue weighted by Crippen LogP contribution is -2.35. The number of carbonyl (C=O) groups is 2. The molecule has 0 fully saturated rings. The topological polar surface area (TPSA) is 76.1 Å². The minimum absolute atomic E-state index is 0.191. The third-order valence-electron chi connectivity index (χ3n) is 4.04. The predicted octanol–water partition coefficient (Wildman–Crippen LogP) is 3.40. The van der Waals surface area contributed by atoms with Crippen molar-refractivity contribution < 1.29 is 24.2 Å². The maximum Gasteiger partial charge on any atom is 0.323 e. The molecular weight excluding hydrogens is 370 g/mol. The van der Waals surface area contributed by atoms with Crippen LogP contribution in [-0.4, -0.2) is 42.6 Å². The molecule has 2 rings (SSSR count). The van der Waals surface area contributed by atoms with Gasteiger partial charge in [-0.15, -0.1) is 0 Å². The van der Waals surface area contributed by atoms with E-state index in [1.807, 2.05) is 12.1 Å². The summed E-state index contributed by atoms with van der Waals surface area (Å²) < 4.78 is 10.5. The van der Waals surface area contributed by atoms with Gasteiger partial charge in [0.2, 0.25) is 5.91 Å². The van der Waals surface area contributed by atoms with Crippen LogP contribution in [0.25, 0.3) is 0 Å². The Morgan fingerprint density at radius 2 is 1.63 bits per heavy atom. The molecule has 1 amide bonds. The number of rotatable bonds is 9. The predicted molar refractivity (Wildman–Crippen MR) is 102 cm³/mol. The first kappa shape index (κ1) is 20.6. The fraction of sp³-hybridized carbons (Fsp3) is 0.300. The van der Waals surface area contributed by atoms with Crippen LogP contribution < -0.4 is 9.47 Å². The van der Waals surface area contributed by atoms with Crippen molar-refractivity contribution in [3.8, 4) is 11.5 Å². The van der Waals surface area contributed by atoms with Gasteiger partial charge in [-0.3, -0.25) is 9.59 Å². The van der Waals surface area contributed by atoms with Crippen molar-refractivity contribution in [2.45, 2.75) is 19.4 Å². The minimum Gasteiger partial charge on any atom is -0.493 e. The van der Waals surface area contributed by atoms with E-state index in [0.29, 0.717) is 22.9 Å². The normalized spacial score (nSPS) is 10.3. The van der Waals surface area contributed by atoms with Crippen molar-refractivity contribution in [3.05, 3.63) is 58.6 Å². The summed E-state index contributed by atoms with van der Waals surface area (Å²) in [5.41, 5.74) is 1.72. The molecule has 0 aliphatic heterocycles. The molecule has 0 radical (unpaired) electrons. The van der Waals surface area contributed by atoms with E-state index in [0.717, 1.165) is 11.1 Å². The lowest BCUT2D eigenvalue weighted by atomic mass is 10.1. The van der Waals surface area contributed by atoms with Crippen LogP contribution >= 0.6 is 11.6 Å². The number of aliphatic carboxylic acids is 1. The van der Waals surface area contributed by atoms with Gasteiger partial charge in [0, 0.05) is 18.0 Å². The van der Waals surface area contributed by atoms with E-state index in [9.17, 15) is 9.59 Å². The number of aryl methyl sites for hydroxylation is 1. The minimum atomic E-state index is -1.05. The van der Waals surface area contributed by atoms with Crippen LogP contribution in [0.5, 0.6) is 11.5 Å². The zero-order valence-corrected chi connectivity index (χ0v) is 16.0. The van der Waals surface area contributed by atoms with Crippen molar-refractivity contribution in [1.29, 1.82) is 0 Å². The Hall–Kier alpha value is -2.73. The molecule has 0 heterocycles. The average Bonchev–Trinajstić information content (AvgIpc) is 2.66. The molecule has 0 bridgehead atoms. The van der Waals surface area contributed by atoms with Gasteiger partial charge in [-0.05, 0) is 41.8 Å². The Bertz CT molecular complexity index is 791. The molecule has 0 aliphatic carbocycles. The fourth-order valence-electron chi connectivity index (χ4n) is 2.65. The zero-order valence-electron chi connectivity index (χ0n) is 15.3. The Morgan fingerprint density at radius 3 is 2.22 bits per heavy atom. The van der Waals surface area contributed by atoms with Crippen LogP contribution in [0, 0.1) is 0 Å². The molecule has 0 saturated heterocycles. The van der Waals surface area contributed by atoms with E-state index < -0.39 is 5.97 Å². The molecule has 0 aliphatic rings. The summed E-state index contributed by atoms with van der Waals surface area (Å²) in [6.07, 6.45) is 0.659. The second-order valence-electron chi connectivity index (χ2n) is 5.96. The summed E-state index contributed by atoms with van der Waals surface area (Å²) in [4.78, 5) is 25.0. The smallest absolute Gasteiger partial charge is 0.323 e. The quantitative estimate of drug-likeness (QED) is 0.709. The summed E-state index contributed by atoms with van der Waals surface area (Å²) in [6, 6.07) is 12.4. The van der Waals surface area contributed by atoms with Crippen LogP contribution in [0.15, 0.2) is 42.5 Å². The second-order valence-corrected chi connectivity index (χ2v) is 6.40. The van der Waals surface area contributed by atoms with Gasteiger partial charge in [-0.25, -0.2) is 0 Å². The van der Waals surface area contributed by atoms with Crippen molar-refractivity contribution in [2.24, 2.45) is 0 Å².